The molecule has 3 rings (SSSR count). The standard InChI is InChI=1S/C16H14ClN3/c1-2-11-3-6-13(7-4-11)20-16-14-8-5-12(17)9-15(14)18-10-19-16/h3-10H,2H2,1H3,(H,18,19,20). The molecule has 0 unspecified atom stereocenters. The van der Waals surface area contributed by atoms with Crippen molar-refractivity contribution in [2.75, 3.05) is 5.32 Å². The van der Waals surface area contributed by atoms with Crippen LogP contribution in [0, 0.1) is 0 Å². The minimum atomic E-state index is 0.675. The first-order valence-electron chi connectivity index (χ1n) is 6.52. The number of aromatic nitrogens is 2. The van der Waals surface area contributed by atoms with Crippen LogP contribution in [-0.2, 0) is 6.42 Å². The van der Waals surface area contributed by atoms with Crippen molar-refractivity contribution in [1.82, 2.24) is 9.97 Å². The Morgan fingerprint density at radius 3 is 2.60 bits per heavy atom. The van der Waals surface area contributed by atoms with Crippen molar-refractivity contribution in [2.45, 2.75) is 13.3 Å². The first-order valence-corrected chi connectivity index (χ1v) is 6.90. The van der Waals surface area contributed by atoms with Gasteiger partial charge in [0.15, 0.2) is 0 Å². The first kappa shape index (κ1) is 12.9. The van der Waals surface area contributed by atoms with Crippen molar-refractivity contribution in [2.24, 2.45) is 0 Å². The van der Waals surface area contributed by atoms with E-state index in [9.17, 15) is 0 Å². The van der Waals surface area contributed by atoms with Crippen LogP contribution >= 0.6 is 11.6 Å². The highest BCUT2D eigenvalue weighted by Gasteiger charge is 2.04. The quantitative estimate of drug-likeness (QED) is 0.764. The van der Waals surface area contributed by atoms with Crippen molar-refractivity contribution in [3.8, 4) is 0 Å². The first-order chi connectivity index (χ1) is 9.76. The Balaban J connectivity index is 1.97. The van der Waals surface area contributed by atoms with E-state index in [0.29, 0.717) is 5.02 Å². The monoisotopic (exact) mass is 283 g/mol. The molecule has 3 nitrogen and oxygen atoms in total. The van der Waals surface area contributed by atoms with Gasteiger partial charge in [0.1, 0.15) is 12.1 Å². The Morgan fingerprint density at radius 1 is 1.05 bits per heavy atom. The van der Waals surface area contributed by atoms with Crippen LogP contribution in [-0.4, -0.2) is 9.97 Å². The third kappa shape index (κ3) is 2.58. The Labute approximate surface area is 122 Å². The van der Waals surface area contributed by atoms with Gasteiger partial charge in [-0.05, 0) is 42.3 Å². The maximum atomic E-state index is 5.98. The van der Waals surface area contributed by atoms with E-state index < -0.39 is 0 Å². The van der Waals surface area contributed by atoms with Gasteiger partial charge in [-0.25, -0.2) is 9.97 Å². The van der Waals surface area contributed by atoms with Gasteiger partial charge >= 0.3 is 0 Å². The van der Waals surface area contributed by atoms with Crippen LogP contribution in [0.3, 0.4) is 0 Å². The number of benzene rings is 2. The van der Waals surface area contributed by atoms with Crippen LogP contribution in [0.25, 0.3) is 10.9 Å². The summed E-state index contributed by atoms with van der Waals surface area (Å²) >= 11 is 5.98. The lowest BCUT2D eigenvalue weighted by Gasteiger charge is -2.09. The molecule has 0 bridgehead atoms. The van der Waals surface area contributed by atoms with Gasteiger partial charge in [0.25, 0.3) is 0 Å². The average Bonchev–Trinajstić information content (AvgIpc) is 2.48. The van der Waals surface area contributed by atoms with Gasteiger partial charge in [0.05, 0.1) is 5.52 Å². The zero-order chi connectivity index (χ0) is 13.9. The van der Waals surface area contributed by atoms with Gasteiger partial charge in [-0.1, -0.05) is 30.7 Å². The second-order valence-electron chi connectivity index (χ2n) is 4.56. The molecule has 20 heavy (non-hydrogen) atoms. The smallest absolute Gasteiger partial charge is 0.141 e. The Morgan fingerprint density at radius 2 is 1.85 bits per heavy atom. The third-order valence-electron chi connectivity index (χ3n) is 3.22. The van der Waals surface area contributed by atoms with Crippen LogP contribution in [0.15, 0.2) is 48.8 Å². The molecule has 0 amide bonds. The maximum Gasteiger partial charge on any atom is 0.141 e. The second kappa shape index (κ2) is 5.47. The summed E-state index contributed by atoms with van der Waals surface area (Å²) in [5, 5.41) is 4.95. The molecule has 0 spiro atoms. The third-order valence-corrected chi connectivity index (χ3v) is 3.46. The average molecular weight is 284 g/mol. The minimum absolute atomic E-state index is 0.675. The number of fused-ring (bicyclic) bond motifs is 1. The van der Waals surface area contributed by atoms with Gasteiger partial charge in [0, 0.05) is 16.1 Å². The summed E-state index contributed by atoms with van der Waals surface area (Å²) in [7, 11) is 0. The molecule has 0 atom stereocenters. The molecule has 100 valence electrons. The molecule has 1 aromatic heterocycles. The number of hydrogen-bond donors (Lipinski definition) is 1. The van der Waals surface area contributed by atoms with E-state index in [1.807, 2.05) is 18.2 Å². The molecule has 4 heteroatoms. The second-order valence-corrected chi connectivity index (χ2v) is 5.00. The van der Waals surface area contributed by atoms with Crippen LogP contribution in [0.1, 0.15) is 12.5 Å². The lowest BCUT2D eigenvalue weighted by molar-refractivity contribution is 1.14. The number of nitrogens with one attached hydrogen (secondary N) is 1. The van der Waals surface area contributed by atoms with Crippen LogP contribution in [0.2, 0.25) is 5.02 Å². The van der Waals surface area contributed by atoms with E-state index in [1.54, 1.807) is 6.33 Å². The van der Waals surface area contributed by atoms with Crippen LogP contribution in [0.5, 0.6) is 0 Å². The molecular weight excluding hydrogens is 270 g/mol. The number of anilines is 2. The van der Waals surface area contributed by atoms with E-state index in [-0.39, 0.29) is 0 Å². The van der Waals surface area contributed by atoms with Gasteiger partial charge in [0.2, 0.25) is 0 Å². The normalized spacial score (nSPS) is 10.7. The maximum absolute atomic E-state index is 5.98. The van der Waals surface area contributed by atoms with Crippen molar-refractivity contribution in [1.29, 1.82) is 0 Å². The Kier molecular flexibility index (Phi) is 3.52. The van der Waals surface area contributed by atoms with E-state index in [0.717, 1.165) is 28.8 Å². The summed E-state index contributed by atoms with van der Waals surface area (Å²) in [5.74, 6) is 0.788. The molecular formula is C16H14ClN3. The van der Waals surface area contributed by atoms with Crippen molar-refractivity contribution >= 4 is 34.0 Å². The van der Waals surface area contributed by atoms with E-state index in [1.165, 1.54) is 5.56 Å². The number of aryl methyl sites for hydroxylation is 1. The summed E-state index contributed by atoms with van der Waals surface area (Å²) in [4.78, 5) is 8.55. The van der Waals surface area contributed by atoms with Gasteiger partial charge in [-0.2, -0.15) is 0 Å². The van der Waals surface area contributed by atoms with Crippen molar-refractivity contribution in [3.63, 3.8) is 0 Å². The highest BCUT2D eigenvalue weighted by molar-refractivity contribution is 6.31. The summed E-state index contributed by atoms with van der Waals surface area (Å²) in [5.41, 5.74) is 3.16. The fourth-order valence-corrected chi connectivity index (χ4v) is 2.26. The molecule has 0 aliphatic rings. The number of halogens is 1. The Bertz CT molecular complexity index is 738. The highest BCUT2D eigenvalue weighted by atomic mass is 35.5. The zero-order valence-electron chi connectivity index (χ0n) is 11.1. The lowest BCUT2D eigenvalue weighted by atomic mass is 10.1. The molecule has 1 heterocycles. The molecule has 0 aliphatic heterocycles. The van der Waals surface area contributed by atoms with Crippen LogP contribution < -0.4 is 5.32 Å². The molecule has 0 saturated heterocycles. The minimum Gasteiger partial charge on any atom is -0.340 e. The van der Waals surface area contributed by atoms with Crippen molar-refractivity contribution < 1.29 is 0 Å². The number of hydrogen-bond acceptors (Lipinski definition) is 3. The largest absolute Gasteiger partial charge is 0.340 e. The van der Waals surface area contributed by atoms with E-state index in [4.69, 9.17) is 11.6 Å². The number of rotatable bonds is 3. The SMILES string of the molecule is CCc1ccc(Nc2ncnc3cc(Cl)ccc23)cc1. The van der Waals surface area contributed by atoms with Gasteiger partial charge < -0.3 is 5.32 Å². The van der Waals surface area contributed by atoms with Gasteiger partial charge in [-0.3, -0.25) is 0 Å². The van der Waals surface area contributed by atoms with E-state index in [2.05, 4.69) is 46.5 Å². The molecule has 1 N–H and O–H groups in total. The Hall–Kier alpha value is -2.13. The molecule has 0 radical (unpaired) electrons. The topological polar surface area (TPSA) is 37.8 Å². The van der Waals surface area contributed by atoms with Crippen LogP contribution in [0.4, 0.5) is 11.5 Å². The lowest BCUT2D eigenvalue weighted by Crippen LogP contribution is -1.96. The molecule has 0 fully saturated rings. The fraction of sp³-hybridized carbons (Fsp3) is 0.125. The fourth-order valence-electron chi connectivity index (χ4n) is 2.09. The summed E-state index contributed by atoms with van der Waals surface area (Å²) < 4.78 is 0. The predicted molar refractivity (Wildman–Crippen MR) is 83.7 cm³/mol. The summed E-state index contributed by atoms with van der Waals surface area (Å²) in [6.07, 6.45) is 2.58. The van der Waals surface area contributed by atoms with E-state index >= 15 is 0 Å². The molecule has 2 aromatic carbocycles. The molecule has 0 aliphatic carbocycles. The molecule has 3 aromatic rings. The van der Waals surface area contributed by atoms with Crippen molar-refractivity contribution in [3.05, 3.63) is 59.4 Å². The summed E-state index contributed by atoms with van der Waals surface area (Å²) in [6, 6.07) is 14.0. The number of nitrogens with zero attached hydrogens (tertiary/aromatic N) is 2. The highest BCUT2D eigenvalue weighted by Crippen LogP contribution is 2.25. The summed E-state index contributed by atoms with van der Waals surface area (Å²) in [6.45, 7) is 2.14. The molecule has 0 saturated carbocycles. The predicted octanol–water partition coefficient (Wildman–Crippen LogP) is 4.59. The zero-order valence-corrected chi connectivity index (χ0v) is 11.9. The van der Waals surface area contributed by atoms with Gasteiger partial charge in [-0.15, -0.1) is 0 Å².